The first-order chi connectivity index (χ1) is 9.81. The van der Waals surface area contributed by atoms with Crippen LogP contribution in [0.25, 0.3) is 0 Å². The number of terminal acetylenes is 1. The van der Waals surface area contributed by atoms with Gasteiger partial charge < -0.3 is 9.64 Å². The lowest BCUT2D eigenvalue weighted by molar-refractivity contribution is 0.0184. The molecular formula is C16H23N3O2. The lowest BCUT2D eigenvalue weighted by Crippen LogP contribution is -2.42. The summed E-state index contributed by atoms with van der Waals surface area (Å²) in [6.07, 6.45) is 8.67. The lowest BCUT2D eigenvalue weighted by atomic mass is 10.1. The molecule has 0 aromatic carbocycles. The number of carbonyl (C=O) groups is 1. The quantitative estimate of drug-likeness (QED) is 0.747. The van der Waals surface area contributed by atoms with Gasteiger partial charge in [0.15, 0.2) is 0 Å². The zero-order chi connectivity index (χ0) is 15.6. The normalized spacial score (nSPS) is 16.6. The van der Waals surface area contributed by atoms with Crippen LogP contribution in [0.1, 0.15) is 50.9 Å². The van der Waals surface area contributed by atoms with Crippen LogP contribution in [0, 0.1) is 19.3 Å². The van der Waals surface area contributed by atoms with Crippen LogP contribution in [0.3, 0.4) is 0 Å². The molecule has 1 aliphatic rings. The smallest absolute Gasteiger partial charge is 0.410 e. The average Bonchev–Trinajstić information content (AvgIpc) is 2.78. The van der Waals surface area contributed by atoms with Gasteiger partial charge in [0, 0.05) is 13.1 Å². The molecule has 0 unspecified atom stereocenters. The predicted molar refractivity (Wildman–Crippen MR) is 81.0 cm³/mol. The maximum Gasteiger partial charge on any atom is 0.410 e. The summed E-state index contributed by atoms with van der Waals surface area (Å²) in [6, 6.07) is 0.297. The Morgan fingerprint density at radius 1 is 1.43 bits per heavy atom. The minimum Gasteiger partial charge on any atom is -0.444 e. The van der Waals surface area contributed by atoms with E-state index in [-0.39, 0.29) is 6.09 Å². The lowest BCUT2D eigenvalue weighted by Gasteiger charge is -2.33. The number of hydrogen-bond acceptors (Lipinski definition) is 3. The molecule has 21 heavy (non-hydrogen) atoms. The summed E-state index contributed by atoms with van der Waals surface area (Å²) in [4.78, 5) is 13.8. The van der Waals surface area contributed by atoms with Crippen molar-refractivity contribution in [3.63, 3.8) is 0 Å². The predicted octanol–water partition coefficient (Wildman–Crippen LogP) is 2.74. The molecule has 1 aromatic heterocycles. The molecule has 2 heterocycles. The molecule has 1 saturated heterocycles. The number of hydrogen-bond donors (Lipinski definition) is 0. The van der Waals surface area contributed by atoms with E-state index in [2.05, 4.69) is 11.0 Å². The molecule has 0 radical (unpaired) electrons. The number of carbonyl (C=O) groups excluding carboxylic acids is 1. The fourth-order valence-electron chi connectivity index (χ4n) is 2.55. The Morgan fingerprint density at radius 2 is 2.05 bits per heavy atom. The minimum atomic E-state index is -0.450. The Balaban J connectivity index is 1.96. The third-order valence-corrected chi connectivity index (χ3v) is 3.66. The highest BCUT2D eigenvalue weighted by molar-refractivity contribution is 5.68. The molecule has 2 rings (SSSR count). The number of ether oxygens (including phenoxy) is 1. The molecule has 1 fully saturated rings. The van der Waals surface area contributed by atoms with Crippen molar-refractivity contribution in [2.75, 3.05) is 13.1 Å². The van der Waals surface area contributed by atoms with Crippen LogP contribution < -0.4 is 0 Å². The molecule has 0 bridgehead atoms. The number of likely N-dealkylation sites (tertiary alicyclic amines) is 1. The molecule has 5 heteroatoms. The van der Waals surface area contributed by atoms with Crippen molar-refractivity contribution in [3.05, 3.63) is 17.5 Å². The van der Waals surface area contributed by atoms with Gasteiger partial charge in [0.25, 0.3) is 0 Å². The van der Waals surface area contributed by atoms with E-state index < -0.39 is 5.60 Å². The van der Waals surface area contributed by atoms with Gasteiger partial charge in [-0.3, -0.25) is 4.68 Å². The van der Waals surface area contributed by atoms with Crippen molar-refractivity contribution >= 4 is 6.09 Å². The van der Waals surface area contributed by atoms with E-state index in [9.17, 15) is 4.79 Å². The SMILES string of the molecule is C#Cc1cnn(C2CCN(C(=O)OC(C)(C)C)CC2)c1C. The van der Waals surface area contributed by atoms with Gasteiger partial charge in [-0.05, 0) is 40.5 Å². The molecule has 0 atom stereocenters. The standard InChI is InChI=1S/C16H23N3O2/c1-6-13-11-17-19(12(13)2)14-7-9-18(10-8-14)15(20)21-16(3,4)5/h1,11,14H,7-10H2,2-5H3. The Bertz CT molecular complexity index is 555. The Morgan fingerprint density at radius 3 is 2.52 bits per heavy atom. The largest absolute Gasteiger partial charge is 0.444 e. The molecule has 0 saturated carbocycles. The van der Waals surface area contributed by atoms with Gasteiger partial charge in [0.1, 0.15) is 5.60 Å². The van der Waals surface area contributed by atoms with E-state index in [0.717, 1.165) is 24.1 Å². The van der Waals surface area contributed by atoms with Crippen LogP contribution in [0.15, 0.2) is 6.20 Å². The van der Waals surface area contributed by atoms with Crippen molar-refractivity contribution < 1.29 is 9.53 Å². The van der Waals surface area contributed by atoms with Gasteiger partial charge in [-0.15, -0.1) is 6.42 Å². The topological polar surface area (TPSA) is 47.4 Å². The van der Waals surface area contributed by atoms with Gasteiger partial charge in [-0.2, -0.15) is 5.10 Å². The van der Waals surface area contributed by atoms with Crippen LogP contribution in [0.4, 0.5) is 4.79 Å². The molecule has 1 amide bonds. The van der Waals surface area contributed by atoms with Crippen molar-refractivity contribution in [3.8, 4) is 12.3 Å². The van der Waals surface area contributed by atoms with Crippen molar-refractivity contribution in [2.45, 2.75) is 52.2 Å². The summed E-state index contributed by atoms with van der Waals surface area (Å²) < 4.78 is 7.39. The first-order valence-electron chi connectivity index (χ1n) is 7.30. The fourth-order valence-corrected chi connectivity index (χ4v) is 2.55. The number of amides is 1. The maximum atomic E-state index is 12.0. The molecule has 0 spiro atoms. The van der Waals surface area contributed by atoms with E-state index in [0.29, 0.717) is 19.1 Å². The number of rotatable bonds is 1. The summed E-state index contributed by atoms with van der Waals surface area (Å²) in [7, 11) is 0. The number of aromatic nitrogens is 2. The molecule has 114 valence electrons. The zero-order valence-corrected chi connectivity index (χ0v) is 13.2. The third-order valence-electron chi connectivity index (χ3n) is 3.66. The molecule has 0 N–H and O–H groups in total. The van der Waals surface area contributed by atoms with Crippen LogP contribution in [0.2, 0.25) is 0 Å². The van der Waals surface area contributed by atoms with Crippen LogP contribution in [-0.4, -0.2) is 39.5 Å². The van der Waals surface area contributed by atoms with Gasteiger partial charge in [0.05, 0.1) is 23.5 Å². The first kappa shape index (κ1) is 15.4. The highest BCUT2D eigenvalue weighted by Crippen LogP contribution is 2.25. The maximum absolute atomic E-state index is 12.0. The van der Waals surface area contributed by atoms with E-state index >= 15 is 0 Å². The highest BCUT2D eigenvalue weighted by atomic mass is 16.6. The molecule has 1 aromatic rings. The van der Waals surface area contributed by atoms with Gasteiger partial charge in [-0.1, -0.05) is 5.92 Å². The monoisotopic (exact) mass is 289 g/mol. The summed E-state index contributed by atoms with van der Waals surface area (Å²) in [5, 5.41) is 4.38. The van der Waals surface area contributed by atoms with Crippen LogP contribution in [-0.2, 0) is 4.74 Å². The molecular weight excluding hydrogens is 266 g/mol. The first-order valence-corrected chi connectivity index (χ1v) is 7.30. The van der Waals surface area contributed by atoms with Gasteiger partial charge in [-0.25, -0.2) is 4.79 Å². The van der Waals surface area contributed by atoms with Crippen molar-refractivity contribution in [1.82, 2.24) is 14.7 Å². The molecule has 0 aliphatic carbocycles. The van der Waals surface area contributed by atoms with E-state index in [4.69, 9.17) is 11.2 Å². The third kappa shape index (κ3) is 3.57. The Hall–Kier alpha value is -1.96. The average molecular weight is 289 g/mol. The summed E-state index contributed by atoms with van der Waals surface area (Å²) in [6.45, 7) is 9.00. The minimum absolute atomic E-state index is 0.234. The summed E-state index contributed by atoms with van der Waals surface area (Å²) >= 11 is 0. The second-order valence-electron chi connectivity index (χ2n) is 6.43. The Labute approximate surface area is 126 Å². The summed E-state index contributed by atoms with van der Waals surface area (Å²) in [5.74, 6) is 2.64. The fraction of sp³-hybridized carbons (Fsp3) is 0.625. The van der Waals surface area contributed by atoms with Gasteiger partial charge >= 0.3 is 6.09 Å². The Kier molecular flexibility index (Phi) is 4.26. The van der Waals surface area contributed by atoms with E-state index in [1.165, 1.54) is 0 Å². The molecule has 1 aliphatic heterocycles. The summed E-state index contributed by atoms with van der Waals surface area (Å²) in [5.41, 5.74) is 1.41. The number of piperidine rings is 1. The van der Waals surface area contributed by atoms with Crippen LogP contribution in [0.5, 0.6) is 0 Å². The van der Waals surface area contributed by atoms with Gasteiger partial charge in [0.2, 0.25) is 0 Å². The van der Waals surface area contributed by atoms with Crippen LogP contribution >= 0.6 is 0 Å². The second kappa shape index (κ2) is 5.80. The zero-order valence-electron chi connectivity index (χ0n) is 13.2. The van der Waals surface area contributed by atoms with Crippen molar-refractivity contribution in [1.29, 1.82) is 0 Å². The van der Waals surface area contributed by atoms with E-state index in [1.54, 1.807) is 11.1 Å². The second-order valence-corrected chi connectivity index (χ2v) is 6.43. The van der Waals surface area contributed by atoms with E-state index in [1.807, 2.05) is 32.4 Å². The highest BCUT2D eigenvalue weighted by Gasteiger charge is 2.28. The molecule has 5 nitrogen and oxygen atoms in total. The van der Waals surface area contributed by atoms with Crippen molar-refractivity contribution in [2.24, 2.45) is 0 Å². The number of nitrogens with zero attached hydrogens (tertiary/aromatic N) is 3.